The molecule has 1 heteroatoms. The van der Waals surface area contributed by atoms with Crippen molar-refractivity contribution < 1.29 is 4.74 Å². The predicted octanol–water partition coefficient (Wildman–Crippen LogP) is 7.52. The van der Waals surface area contributed by atoms with Crippen molar-refractivity contribution in [2.45, 2.75) is 50.7 Å². The molecule has 0 aliphatic carbocycles. The molecule has 150 valence electrons. The van der Waals surface area contributed by atoms with E-state index in [-0.39, 0.29) is 6.10 Å². The molecular weight excluding hydrogens is 352 g/mol. The molecule has 3 aromatic carbocycles. The van der Waals surface area contributed by atoms with E-state index in [4.69, 9.17) is 4.74 Å². The Bertz CT molecular complexity index is 743. The second-order valence-corrected chi connectivity index (χ2v) is 7.52. The predicted molar refractivity (Wildman–Crippen MR) is 123 cm³/mol. The Morgan fingerprint density at radius 1 is 0.724 bits per heavy atom. The first-order valence-corrected chi connectivity index (χ1v) is 10.8. The van der Waals surface area contributed by atoms with Crippen LogP contribution < -0.4 is 0 Å². The van der Waals surface area contributed by atoms with E-state index in [0.29, 0.717) is 0 Å². The lowest BCUT2D eigenvalue weighted by atomic mass is 9.79. The molecule has 0 aliphatic rings. The highest BCUT2D eigenvalue weighted by Gasteiger charge is 2.39. The van der Waals surface area contributed by atoms with Crippen molar-refractivity contribution in [1.82, 2.24) is 0 Å². The van der Waals surface area contributed by atoms with Crippen LogP contribution in [0, 0.1) is 0 Å². The molecule has 0 N–H and O–H groups in total. The van der Waals surface area contributed by atoms with Crippen molar-refractivity contribution in [2.75, 3.05) is 0 Å². The first-order valence-electron chi connectivity index (χ1n) is 10.8. The van der Waals surface area contributed by atoms with Crippen molar-refractivity contribution in [3.05, 3.63) is 120 Å². The van der Waals surface area contributed by atoms with Gasteiger partial charge in [-0.25, -0.2) is 0 Å². The molecule has 0 saturated heterocycles. The largest absolute Gasteiger partial charge is 0.354 e. The van der Waals surface area contributed by atoms with Gasteiger partial charge in [0.2, 0.25) is 0 Å². The summed E-state index contributed by atoms with van der Waals surface area (Å²) in [6.07, 6.45) is 7.82. The molecule has 0 aliphatic heterocycles. The van der Waals surface area contributed by atoms with E-state index in [1.54, 1.807) is 0 Å². The van der Waals surface area contributed by atoms with Gasteiger partial charge in [-0.2, -0.15) is 0 Å². The zero-order valence-corrected chi connectivity index (χ0v) is 17.5. The lowest BCUT2D eigenvalue weighted by molar-refractivity contribution is -0.0285. The quantitative estimate of drug-likeness (QED) is 0.189. The average Bonchev–Trinajstić information content (AvgIpc) is 2.80. The van der Waals surface area contributed by atoms with Crippen LogP contribution in [0.2, 0.25) is 0 Å². The van der Waals surface area contributed by atoms with E-state index in [1.807, 2.05) is 6.08 Å². The maximum absolute atomic E-state index is 7.01. The molecule has 3 rings (SSSR count). The van der Waals surface area contributed by atoms with Gasteiger partial charge >= 0.3 is 0 Å². The Kier molecular flexibility index (Phi) is 7.84. The molecule has 1 atom stereocenters. The van der Waals surface area contributed by atoms with Crippen LogP contribution in [0.3, 0.4) is 0 Å². The van der Waals surface area contributed by atoms with Crippen molar-refractivity contribution in [3.63, 3.8) is 0 Å². The van der Waals surface area contributed by atoms with Gasteiger partial charge in [-0.1, -0.05) is 130 Å². The molecule has 0 radical (unpaired) electrons. The molecule has 1 unspecified atom stereocenters. The third kappa shape index (κ3) is 5.05. The SMILES string of the molecule is C=CC(CCCCCC)OC(c1ccccc1)(c1ccccc1)c1ccccc1. The molecule has 29 heavy (non-hydrogen) atoms. The Balaban J connectivity index is 2.08. The molecule has 0 heterocycles. The number of rotatable bonds is 11. The molecule has 0 bridgehead atoms. The summed E-state index contributed by atoms with van der Waals surface area (Å²) in [7, 11) is 0. The van der Waals surface area contributed by atoms with Crippen LogP contribution in [0.1, 0.15) is 55.7 Å². The summed E-state index contributed by atoms with van der Waals surface area (Å²) in [5.74, 6) is 0. The Labute approximate surface area is 176 Å². The van der Waals surface area contributed by atoms with E-state index < -0.39 is 5.60 Å². The lowest BCUT2D eigenvalue weighted by Gasteiger charge is -2.38. The van der Waals surface area contributed by atoms with Crippen LogP contribution in [-0.4, -0.2) is 6.10 Å². The highest BCUT2D eigenvalue weighted by molar-refractivity contribution is 5.47. The minimum absolute atomic E-state index is 0.0209. The van der Waals surface area contributed by atoms with Crippen LogP contribution in [-0.2, 0) is 10.3 Å². The molecule has 0 saturated carbocycles. The van der Waals surface area contributed by atoms with Gasteiger partial charge in [0, 0.05) is 0 Å². The maximum Gasteiger partial charge on any atom is 0.144 e. The van der Waals surface area contributed by atoms with Crippen LogP contribution in [0.5, 0.6) is 0 Å². The number of hydrogen-bond acceptors (Lipinski definition) is 1. The van der Waals surface area contributed by atoms with Gasteiger partial charge in [0.25, 0.3) is 0 Å². The van der Waals surface area contributed by atoms with E-state index >= 15 is 0 Å². The van der Waals surface area contributed by atoms with Crippen LogP contribution in [0.25, 0.3) is 0 Å². The Morgan fingerprint density at radius 2 is 1.17 bits per heavy atom. The first-order chi connectivity index (χ1) is 14.3. The molecule has 0 fully saturated rings. The smallest absolute Gasteiger partial charge is 0.144 e. The molecule has 0 aromatic heterocycles. The Morgan fingerprint density at radius 3 is 1.55 bits per heavy atom. The third-order valence-electron chi connectivity index (χ3n) is 5.47. The summed E-state index contributed by atoms with van der Waals surface area (Å²) >= 11 is 0. The molecule has 0 spiro atoms. The van der Waals surface area contributed by atoms with E-state index in [2.05, 4.69) is 104 Å². The Hall–Kier alpha value is -2.64. The first kappa shape index (κ1) is 21.1. The number of unbranched alkanes of at least 4 members (excludes halogenated alkanes) is 3. The van der Waals surface area contributed by atoms with Crippen molar-refractivity contribution in [3.8, 4) is 0 Å². The summed E-state index contributed by atoms with van der Waals surface area (Å²) in [6.45, 7) is 6.34. The standard InChI is InChI=1S/C28H32O/c1-3-5-6-16-23-27(4-2)29-28(24-17-10-7-11-18-24,25-19-12-8-13-20-25)26-21-14-9-15-22-26/h4,7-15,17-22,27H,2-3,5-6,16,23H2,1H3. The molecule has 3 aromatic rings. The maximum atomic E-state index is 7.01. The van der Waals surface area contributed by atoms with Gasteiger partial charge in [-0.3, -0.25) is 0 Å². The average molecular weight is 385 g/mol. The van der Waals surface area contributed by atoms with E-state index in [9.17, 15) is 0 Å². The van der Waals surface area contributed by atoms with Gasteiger partial charge in [-0.05, 0) is 23.1 Å². The van der Waals surface area contributed by atoms with E-state index in [1.165, 1.54) is 19.3 Å². The van der Waals surface area contributed by atoms with Crippen molar-refractivity contribution in [1.29, 1.82) is 0 Å². The summed E-state index contributed by atoms with van der Waals surface area (Å²) in [6, 6.07) is 31.7. The number of hydrogen-bond donors (Lipinski definition) is 0. The van der Waals surface area contributed by atoms with E-state index in [0.717, 1.165) is 29.5 Å². The van der Waals surface area contributed by atoms with Gasteiger partial charge in [-0.15, -0.1) is 6.58 Å². The lowest BCUT2D eigenvalue weighted by Crippen LogP contribution is -2.36. The second kappa shape index (κ2) is 10.8. The fourth-order valence-electron chi connectivity index (χ4n) is 3.95. The highest BCUT2D eigenvalue weighted by Crippen LogP contribution is 2.42. The van der Waals surface area contributed by atoms with Gasteiger partial charge in [0.15, 0.2) is 0 Å². The van der Waals surface area contributed by atoms with Gasteiger partial charge in [0.05, 0.1) is 6.10 Å². The topological polar surface area (TPSA) is 9.23 Å². The third-order valence-corrected chi connectivity index (χ3v) is 5.47. The zero-order chi connectivity index (χ0) is 20.4. The normalized spacial score (nSPS) is 12.4. The highest BCUT2D eigenvalue weighted by atomic mass is 16.5. The minimum Gasteiger partial charge on any atom is -0.354 e. The molecule has 0 amide bonds. The van der Waals surface area contributed by atoms with Crippen molar-refractivity contribution in [2.24, 2.45) is 0 Å². The van der Waals surface area contributed by atoms with Gasteiger partial charge < -0.3 is 4.74 Å². The monoisotopic (exact) mass is 384 g/mol. The fraction of sp³-hybridized carbons (Fsp3) is 0.286. The summed E-state index contributed by atoms with van der Waals surface area (Å²) in [5, 5.41) is 0. The second-order valence-electron chi connectivity index (χ2n) is 7.52. The van der Waals surface area contributed by atoms with Crippen LogP contribution in [0.15, 0.2) is 104 Å². The van der Waals surface area contributed by atoms with Crippen LogP contribution in [0.4, 0.5) is 0 Å². The van der Waals surface area contributed by atoms with Gasteiger partial charge in [0.1, 0.15) is 5.60 Å². The summed E-state index contributed by atoms with van der Waals surface area (Å²) < 4.78 is 7.01. The number of ether oxygens (including phenoxy) is 1. The zero-order valence-electron chi connectivity index (χ0n) is 17.5. The molecule has 1 nitrogen and oxygen atoms in total. The summed E-state index contributed by atoms with van der Waals surface area (Å²) in [4.78, 5) is 0. The summed E-state index contributed by atoms with van der Waals surface area (Å²) in [5.41, 5.74) is 2.74. The molecular formula is C28H32O. The number of benzene rings is 3. The van der Waals surface area contributed by atoms with Crippen molar-refractivity contribution >= 4 is 0 Å². The fourth-order valence-corrected chi connectivity index (χ4v) is 3.95. The van der Waals surface area contributed by atoms with Crippen LogP contribution >= 0.6 is 0 Å². The minimum atomic E-state index is -0.673.